The second-order valence-corrected chi connectivity index (χ2v) is 14.2. The van der Waals surface area contributed by atoms with E-state index < -0.39 is 34.9 Å². The summed E-state index contributed by atoms with van der Waals surface area (Å²) in [6.45, 7) is 9.41. The average molecular weight is 658 g/mol. The third kappa shape index (κ3) is 5.01. The molecule has 4 aromatic rings. The van der Waals surface area contributed by atoms with Gasteiger partial charge >= 0.3 is 12.1 Å². The molecule has 3 aromatic heterocycles. The van der Waals surface area contributed by atoms with Gasteiger partial charge < -0.3 is 19.6 Å². The van der Waals surface area contributed by atoms with E-state index in [4.69, 9.17) is 9.72 Å². The first-order chi connectivity index (χ1) is 22.6. The van der Waals surface area contributed by atoms with Crippen LogP contribution in [-0.2, 0) is 11.2 Å². The van der Waals surface area contributed by atoms with E-state index in [-0.39, 0.29) is 29.3 Å². The van der Waals surface area contributed by atoms with Crippen molar-refractivity contribution >= 4 is 29.0 Å². The molecule has 12 heteroatoms. The Balaban J connectivity index is 1.49. The molecule has 2 atom stereocenters. The van der Waals surface area contributed by atoms with Crippen molar-refractivity contribution in [3.8, 4) is 22.3 Å². The highest BCUT2D eigenvalue weighted by Gasteiger charge is 2.44. The van der Waals surface area contributed by atoms with Crippen LogP contribution < -0.4 is 15.4 Å². The van der Waals surface area contributed by atoms with E-state index in [0.717, 1.165) is 31.1 Å². The van der Waals surface area contributed by atoms with Crippen molar-refractivity contribution in [2.45, 2.75) is 52.2 Å². The van der Waals surface area contributed by atoms with Crippen LogP contribution in [0.15, 0.2) is 41.5 Å². The van der Waals surface area contributed by atoms with Crippen LogP contribution in [0.5, 0.6) is 0 Å². The summed E-state index contributed by atoms with van der Waals surface area (Å²) in [5.74, 6) is -3.08. The SMILES string of the molecule is Cc1cc(-c2cnc3c(c2N2CC[C@H]4CN(C)CC42)-c2c(F)c(F)cc(N(C)C(=O)OC(C)(C)C)c2C3)cn2c(=O)c(C(=O)O)ccc12. The Bertz CT molecular complexity index is 2110. The summed E-state index contributed by atoms with van der Waals surface area (Å²) in [4.78, 5) is 48.8. The summed E-state index contributed by atoms with van der Waals surface area (Å²) < 4.78 is 38.7. The Kier molecular flexibility index (Phi) is 7.35. The van der Waals surface area contributed by atoms with Crippen LogP contribution in [0.4, 0.5) is 25.0 Å². The van der Waals surface area contributed by atoms with Gasteiger partial charge in [0.1, 0.15) is 11.2 Å². The van der Waals surface area contributed by atoms with E-state index in [1.54, 1.807) is 39.2 Å². The molecule has 48 heavy (non-hydrogen) atoms. The van der Waals surface area contributed by atoms with Gasteiger partial charge in [-0.25, -0.2) is 18.4 Å². The minimum Gasteiger partial charge on any atom is -0.477 e. The summed E-state index contributed by atoms with van der Waals surface area (Å²) in [6.07, 6.45) is 3.67. The number of carboxylic acids is 1. The molecule has 1 N–H and O–H groups in total. The maximum atomic E-state index is 16.2. The second-order valence-electron chi connectivity index (χ2n) is 14.2. The number of aromatic nitrogens is 2. The Morgan fingerprint density at radius 3 is 2.58 bits per heavy atom. The Morgan fingerprint density at radius 2 is 1.88 bits per heavy atom. The number of benzene rings is 1. The number of hydrogen-bond donors (Lipinski definition) is 1. The third-order valence-electron chi connectivity index (χ3n) is 9.78. The predicted octanol–water partition coefficient (Wildman–Crippen LogP) is 5.73. The topological polar surface area (TPSA) is 108 Å². The number of halogens is 2. The van der Waals surface area contributed by atoms with Crippen LogP contribution in [-0.4, -0.2) is 76.8 Å². The van der Waals surface area contributed by atoms with E-state index in [9.17, 15) is 19.5 Å². The fourth-order valence-corrected chi connectivity index (χ4v) is 7.68. The van der Waals surface area contributed by atoms with Gasteiger partial charge in [-0.3, -0.25) is 19.1 Å². The largest absolute Gasteiger partial charge is 0.477 e. The lowest BCUT2D eigenvalue weighted by atomic mass is 9.95. The van der Waals surface area contributed by atoms with Crippen LogP contribution in [0.25, 0.3) is 27.8 Å². The van der Waals surface area contributed by atoms with Gasteiger partial charge in [-0.15, -0.1) is 0 Å². The highest BCUT2D eigenvalue weighted by molar-refractivity contribution is 5.99. The molecule has 1 aromatic carbocycles. The van der Waals surface area contributed by atoms with E-state index in [0.29, 0.717) is 51.6 Å². The lowest BCUT2D eigenvalue weighted by Crippen LogP contribution is -2.35. The number of aromatic carboxylic acids is 1. The molecule has 1 unspecified atom stereocenters. The highest BCUT2D eigenvalue weighted by Crippen LogP contribution is 2.52. The number of pyridine rings is 3. The molecule has 0 spiro atoms. The summed E-state index contributed by atoms with van der Waals surface area (Å²) >= 11 is 0. The number of fused-ring (bicyclic) bond motifs is 5. The normalized spacial score (nSPS) is 18.6. The van der Waals surface area contributed by atoms with E-state index in [1.165, 1.54) is 22.4 Å². The van der Waals surface area contributed by atoms with Crippen LogP contribution in [0.3, 0.4) is 0 Å². The number of nitrogens with zero attached hydrogens (tertiary/aromatic N) is 5. The molecular formula is C36H37F2N5O5. The Hall–Kier alpha value is -4.84. The van der Waals surface area contributed by atoms with Crippen molar-refractivity contribution in [1.82, 2.24) is 14.3 Å². The zero-order valence-corrected chi connectivity index (χ0v) is 27.7. The van der Waals surface area contributed by atoms with Crippen molar-refractivity contribution < 1.29 is 28.2 Å². The molecule has 7 rings (SSSR count). The van der Waals surface area contributed by atoms with Gasteiger partial charge in [0.05, 0.1) is 22.6 Å². The fraction of sp³-hybridized carbons (Fsp3) is 0.389. The van der Waals surface area contributed by atoms with Crippen LogP contribution in [0, 0.1) is 24.5 Å². The number of carbonyl (C=O) groups is 2. The fourth-order valence-electron chi connectivity index (χ4n) is 7.68. The number of carbonyl (C=O) groups excluding carboxylic acids is 1. The van der Waals surface area contributed by atoms with Gasteiger partial charge in [0.25, 0.3) is 5.56 Å². The maximum Gasteiger partial charge on any atom is 0.414 e. The number of rotatable bonds is 4. The van der Waals surface area contributed by atoms with Crippen LogP contribution in [0.2, 0.25) is 0 Å². The second kappa shape index (κ2) is 11.1. The Morgan fingerprint density at radius 1 is 1.12 bits per heavy atom. The summed E-state index contributed by atoms with van der Waals surface area (Å²) in [7, 11) is 3.54. The van der Waals surface area contributed by atoms with Gasteiger partial charge in [0.15, 0.2) is 11.6 Å². The van der Waals surface area contributed by atoms with Crippen LogP contribution in [0.1, 0.15) is 54.4 Å². The monoisotopic (exact) mass is 657 g/mol. The van der Waals surface area contributed by atoms with Gasteiger partial charge in [0.2, 0.25) is 0 Å². The molecule has 0 saturated carbocycles. The number of hydrogen-bond acceptors (Lipinski definition) is 7. The van der Waals surface area contributed by atoms with Crippen molar-refractivity contribution in [1.29, 1.82) is 0 Å². The zero-order chi connectivity index (χ0) is 34.4. The molecule has 10 nitrogen and oxygen atoms in total. The summed E-state index contributed by atoms with van der Waals surface area (Å²) in [6, 6.07) is 5.93. The molecule has 1 amide bonds. The number of anilines is 2. The van der Waals surface area contributed by atoms with Gasteiger partial charge in [-0.05, 0) is 76.4 Å². The van der Waals surface area contributed by atoms with Crippen molar-refractivity contribution in [3.63, 3.8) is 0 Å². The minimum atomic E-state index is -1.33. The van der Waals surface area contributed by atoms with E-state index in [1.807, 2.05) is 13.0 Å². The smallest absolute Gasteiger partial charge is 0.414 e. The first-order valence-corrected chi connectivity index (χ1v) is 16.0. The van der Waals surface area contributed by atoms with Gasteiger partial charge in [-0.1, -0.05) is 0 Å². The maximum absolute atomic E-state index is 16.2. The zero-order valence-electron chi connectivity index (χ0n) is 27.7. The van der Waals surface area contributed by atoms with Crippen molar-refractivity contribution in [3.05, 3.63) is 81.0 Å². The molecule has 2 aliphatic heterocycles. The molecule has 2 fully saturated rings. The summed E-state index contributed by atoms with van der Waals surface area (Å²) in [5.41, 5.74) is 3.00. The quantitative estimate of drug-likeness (QED) is 0.261. The molecule has 1 aliphatic carbocycles. The highest BCUT2D eigenvalue weighted by atomic mass is 19.2. The third-order valence-corrected chi connectivity index (χ3v) is 9.78. The van der Waals surface area contributed by atoms with E-state index >= 15 is 8.78 Å². The number of likely N-dealkylation sites (tertiary alicyclic amines) is 1. The molecule has 0 bridgehead atoms. The molecule has 250 valence electrons. The van der Waals surface area contributed by atoms with Crippen molar-refractivity contribution in [2.24, 2.45) is 5.92 Å². The minimum absolute atomic E-state index is 0.0531. The summed E-state index contributed by atoms with van der Waals surface area (Å²) in [5, 5.41) is 9.64. The van der Waals surface area contributed by atoms with Gasteiger partial charge in [0, 0.05) is 79.9 Å². The number of amides is 1. The van der Waals surface area contributed by atoms with Crippen molar-refractivity contribution in [2.75, 3.05) is 43.5 Å². The first-order valence-electron chi connectivity index (χ1n) is 16.0. The molecule has 0 radical (unpaired) electrons. The number of ether oxygens (including phenoxy) is 1. The number of likely N-dealkylation sites (N-methyl/N-ethyl adjacent to an activating group) is 1. The molecular weight excluding hydrogens is 620 g/mol. The molecule has 2 saturated heterocycles. The number of carboxylic acid groups (broad SMARTS) is 1. The first kappa shape index (κ1) is 31.7. The molecule has 3 aliphatic rings. The van der Waals surface area contributed by atoms with Gasteiger partial charge in [-0.2, -0.15) is 0 Å². The number of aryl methyl sites for hydroxylation is 1. The lowest BCUT2D eigenvalue weighted by Gasteiger charge is -2.31. The standard InChI is InChI=1S/C36H37F2N5O5/c1-18-11-20(16-43-26(18)8-7-21(33(43)44)34(45)46)23-14-39-25-12-22-27(41(6)35(47)48-36(2,3)4)13-24(37)31(38)29(22)30(25)32(23)42-10-9-19-15-40(5)17-28(19)42/h7-8,11,13-14,16,19,28H,9-10,12,15,17H2,1-6H3,(H,45,46)/t19-,28?/m0/s1. The average Bonchev–Trinajstić information content (AvgIpc) is 3.69. The van der Waals surface area contributed by atoms with Crippen LogP contribution >= 0.6 is 0 Å². The lowest BCUT2D eigenvalue weighted by molar-refractivity contribution is 0.0588. The predicted molar refractivity (Wildman–Crippen MR) is 178 cm³/mol. The van der Waals surface area contributed by atoms with E-state index in [2.05, 4.69) is 16.8 Å². The Labute approximate surface area is 276 Å². The molecule has 5 heterocycles.